The largest absolute Gasteiger partial charge is 0.490 e. The Bertz CT molecular complexity index is 347. The van der Waals surface area contributed by atoms with Gasteiger partial charge in [-0.15, -0.1) is 0 Å². The van der Waals surface area contributed by atoms with Gasteiger partial charge in [-0.2, -0.15) is 0 Å². The zero-order valence-corrected chi connectivity index (χ0v) is 10.3. The second-order valence-electron chi connectivity index (χ2n) is 4.54. The molecule has 0 heterocycles. The monoisotopic (exact) mass is 236 g/mol. The quantitative estimate of drug-likeness (QED) is 0.740. The molecule has 1 aliphatic carbocycles. The third kappa shape index (κ3) is 4.02. The molecule has 1 fully saturated rings. The number of aliphatic hydroxyl groups excluding tert-OH is 1. The highest BCUT2D eigenvalue weighted by Gasteiger charge is 2.23. The molecule has 94 valence electrons. The lowest BCUT2D eigenvalue weighted by Gasteiger charge is -2.12. The molecule has 2 rings (SSSR count). The van der Waals surface area contributed by atoms with Crippen LogP contribution in [0.25, 0.3) is 0 Å². The molecule has 1 N–H and O–H groups in total. The minimum Gasteiger partial charge on any atom is -0.490 e. The Labute approximate surface area is 102 Å². The molecule has 0 saturated heterocycles. The molecule has 1 atom stereocenters. The van der Waals surface area contributed by atoms with Crippen LogP contribution in [0.2, 0.25) is 0 Å². The maximum Gasteiger partial charge on any atom is 0.120 e. The van der Waals surface area contributed by atoms with E-state index in [9.17, 15) is 5.11 Å². The molecule has 1 aromatic rings. The number of benzene rings is 1. The third-order valence-electron chi connectivity index (χ3n) is 2.90. The van der Waals surface area contributed by atoms with Crippen LogP contribution in [0, 0.1) is 0 Å². The Hall–Kier alpha value is -1.06. The molecule has 0 aliphatic heterocycles. The lowest BCUT2D eigenvalue weighted by atomic mass is 10.1. The van der Waals surface area contributed by atoms with Crippen LogP contribution in [0.5, 0.6) is 5.75 Å². The van der Waals surface area contributed by atoms with Crippen molar-refractivity contribution in [2.24, 2.45) is 0 Å². The Morgan fingerprint density at radius 3 is 2.94 bits per heavy atom. The van der Waals surface area contributed by atoms with E-state index in [-0.39, 0.29) is 0 Å². The zero-order chi connectivity index (χ0) is 12.1. The van der Waals surface area contributed by atoms with E-state index >= 15 is 0 Å². The van der Waals surface area contributed by atoms with Gasteiger partial charge in [-0.1, -0.05) is 12.1 Å². The van der Waals surface area contributed by atoms with Crippen molar-refractivity contribution >= 4 is 0 Å². The van der Waals surface area contributed by atoms with Gasteiger partial charge in [0.2, 0.25) is 0 Å². The maximum absolute atomic E-state index is 10.0. The molecule has 3 heteroatoms. The summed E-state index contributed by atoms with van der Waals surface area (Å²) in [7, 11) is 1.68. The predicted octanol–water partition coefficient (Wildman–Crippen LogP) is 2.69. The van der Waals surface area contributed by atoms with Crippen LogP contribution in [0.3, 0.4) is 0 Å². The van der Waals surface area contributed by atoms with Crippen molar-refractivity contribution in [3.05, 3.63) is 29.8 Å². The number of aliphatic hydroxyl groups is 1. The average molecular weight is 236 g/mol. The topological polar surface area (TPSA) is 38.7 Å². The SMILES string of the molecule is COCCCC(O)c1cccc(OC2CC2)c1. The summed E-state index contributed by atoms with van der Waals surface area (Å²) < 4.78 is 10.7. The first-order valence-corrected chi connectivity index (χ1v) is 6.23. The molecule has 17 heavy (non-hydrogen) atoms. The van der Waals surface area contributed by atoms with Crippen LogP contribution in [0.1, 0.15) is 37.4 Å². The van der Waals surface area contributed by atoms with Crippen LogP contribution in [0.4, 0.5) is 0 Å². The number of hydrogen-bond donors (Lipinski definition) is 1. The summed E-state index contributed by atoms with van der Waals surface area (Å²) in [5, 5.41) is 10.0. The molecule has 0 spiro atoms. The molecule has 0 bridgehead atoms. The van der Waals surface area contributed by atoms with Gasteiger partial charge in [0, 0.05) is 13.7 Å². The predicted molar refractivity (Wildman–Crippen MR) is 66.2 cm³/mol. The van der Waals surface area contributed by atoms with Crippen LogP contribution in [-0.4, -0.2) is 24.9 Å². The van der Waals surface area contributed by atoms with Crippen LogP contribution in [-0.2, 0) is 4.74 Å². The molecule has 3 nitrogen and oxygen atoms in total. The lowest BCUT2D eigenvalue weighted by Crippen LogP contribution is -2.01. The van der Waals surface area contributed by atoms with E-state index in [0.717, 1.165) is 37.0 Å². The lowest BCUT2D eigenvalue weighted by molar-refractivity contribution is 0.136. The molecule has 1 aliphatic rings. The van der Waals surface area contributed by atoms with Gasteiger partial charge in [0.05, 0.1) is 12.2 Å². The first-order chi connectivity index (χ1) is 8.29. The van der Waals surface area contributed by atoms with Crippen molar-refractivity contribution in [1.82, 2.24) is 0 Å². The Balaban J connectivity index is 1.89. The van der Waals surface area contributed by atoms with Crippen LogP contribution >= 0.6 is 0 Å². The van der Waals surface area contributed by atoms with Gasteiger partial charge >= 0.3 is 0 Å². The van der Waals surface area contributed by atoms with E-state index in [4.69, 9.17) is 9.47 Å². The molecule has 1 aromatic carbocycles. The van der Waals surface area contributed by atoms with Crippen molar-refractivity contribution in [3.8, 4) is 5.75 Å². The minimum atomic E-state index is -0.423. The van der Waals surface area contributed by atoms with Gasteiger partial charge in [0.25, 0.3) is 0 Å². The normalized spacial score (nSPS) is 16.8. The molecule has 0 radical (unpaired) electrons. The van der Waals surface area contributed by atoms with Crippen molar-refractivity contribution in [2.45, 2.75) is 37.9 Å². The second kappa shape index (κ2) is 6.03. The van der Waals surface area contributed by atoms with Crippen LogP contribution < -0.4 is 4.74 Å². The third-order valence-corrected chi connectivity index (χ3v) is 2.90. The van der Waals surface area contributed by atoms with E-state index in [1.54, 1.807) is 7.11 Å². The van der Waals surface area contributed by atoms with Gasteiger partial charge in [-0.25, -0.2) is 0 Å². The Morgan fingerprint density at radius 2 is 2.24 bits per heavy atom. The zero-order valence-electron chi connectivity index (χ0n) is 10.3. The number of rotatable bonds is 7. The maximum atomic E-state index is 10.0. The fourth-order valence-corrected chi connectivity index (χ4v) is 1.76. The van der Waals surface area contributed by atoms with Gasteiger partial charge < -0.3 is 14.6 Å². The van der Waals surface area contributed by atoms with E-state index < -0.39 is 6.10 Å². The van der Waals surface area contributed by atoms with Crippen molar-refractivity contribution in [2.75, 3.05) is 13.7 Å². The molecule has 0 aromatic heterocycles. The summed E-state index contributed by atoms with van der Waals surface area (Å²) in [4.78, 5) is 0. The summed E-state index contributed by atoms with van der Waals surface area (Å²) in [6, 6.07) is 7.77. The van der Waals surface area contributed by atoms with Crippen LogP contribution in [0.15, 0.2) is 24.3 Å². The molecule has 0 amide bonds. The summed E-state index contributed by atoms with van der Waals surface area (Å²) >= 11 is 0. The molecule has 1 saturated carbocycles. The van der Waals surface area contributed by atoms with Gasteiger partial charge in [-0.05, 0) is 43.4 Å². The smallest absolute Gasteiger partial charge is 0.120 e. The fourth-order valence-electron chi connectivity index (χ4n) is 1.76. The minimum absolute atomic E-state index is 0.399. The van der Waals surface area contributed by atoms with Crippen molar-refractivity contribution in [1.29, 1.82) is 0 Å². The molecular formula is C14H20O3. The summed E-state index contributed by atoms with van der Waals surface area (Å²) in [5.41, 5.74) is 0.930. The Morgan fingerprint density at radius 1 is 1.41 bits per heavy atom. The van der Waals surface area contributed by atoms with E-state index in [0.29, 0.717) is 12.7 Å². The summed E-state index contributed by atoms with van der Waals surface area (Å²) in [6.45, 7) is 0.690. The van der Waals surface area contributed by atoms with E-state index in [2.05, 4.69) is 0 Å². The number of methoxy groups -OCH3 is 1. The van der Waals surface area contributed by atoms with Gasteiger partial charge in [0.15, 0.2) is 0 Å². The molecular weight excluding hydrogens is 216 g/mol. The second-order valence-corrected chi connectivity index (χ2v) is 4.54. The highest BCUT2D eigenvalue weighted by Crippen LogP contribution is 2.29. The fraction of sp³-hybridized carbons (Fsp3) is 0.571. The Kier molecular flexibility index (Phi) is 4.40. The standard InChI is InChI=1S/C14H20O3/c1-16-9-3-6-14(15)11-4-2-5-13(10-11)17-12-7-8-12/h2,4-5,10,12,14-15H,3,6-9H2,1H3. The van der Waals surface area contributed by atoms with E-state index in [1.165, 1.54) is 0 Å². The van der Waals surface area contributed by atoms with Crippen molar-refractivity contribution < 1.29 is 14.6 Å². The number of ether oxygens (including phenoxy) is 2. The summed E-state index contributed by atoms with van der Waals surface area (Å²) in [5.74, 6) is 0.871. The van der Waals surface area contributed by atoms with Gasteiger partial charge in [0.1, 0.15) is 5.75 Å². The highest BCUT2D eigenvalue weighted by molar-refractivity contribution is 5.30. The summed E-state index contributed by atoms with van der Waals surface area (Å²) in [6.07, 6.45) is 3.87. The average Bonchev–Trinajstić information content (AvgIpc) is 3.13. The highest BCUT2D eigenvalue weighted by atomic mass is 16.5. The first-order valence-electron chi connectivity index (χ1n) is 6.23. The van der Waals surface area contributed by atoms with Crippen molar-refractivity contribution in [3.63, 3.8) is 0 Å². The van der Waals surface area contributed by atoms with Gasteiger partial charge in [-0.3, -0.25) is 0 Å². The van der Waals surface area contributed by atoms with E-state index in [1.807, 2.05) is 24.3 Å². The number of hydrogen-bond acceptors (Lipinski definition) is 3. The molecule has 1 unspecified atom stereocenters. The first kappa shape index (κ1) is 12.4.